The summed E-state index contributed by atoms with van der Waals surface area (Å²) in [6.45, 7) is 0.729. The smallest absolute Gasteiger partial charge is 0.115 e. The minimum absolute atomic E-state index is 0.0275. The maximum absolute atomic E-state index is 9.11. The van der Waals surface area contributed by atoms with Crippen LogP contribution in [0.3, 0.4) is 0 Å². The van der Waals surface area contributed by atoms with E-state index in [-0.39, 0.29) is 11.9 Å². The Hall–Kier alpha value is -1.02. The van der Waals surface area contributed by atoms with Crippen LogP contribution in [-0.2, 0) is 4.74 Å². The summed E-state index contributed by atoms with van der Waals surface area (Å²) in [7, 11) is 0. The molecule has 0 saturated carbocycles. The van der Waals surface area contributed by atoms with Gasteiger partial charge >= 0.3 is 0 Å². The third-order valence-corrected chi connectivity index (χ3v) is 1.78. The molecule has 0 bridgehead atoms. The van der Waals surface area contributed by atoms with E-state index in [9.17, 15) is 0 Å². The molecular weight excluding hydrogens is 140 g/mol. The Morgan fingerprint density at radius 2 is 2.55 bits per heavy atom. The average Bonchev–Trinajstić information content (AvgIpc) is 2.04. The van der Waals surface area contributed by atoms with Crippen LogP contribution >= 0.6 is 0 Å². The van der Waals surface area contributed by atoms with Crippen molar-refractivity contribution in [2.45, 2.75) is 12.5 Å². The zero-order valence-electron chi connectivity index (χ0n) is 6.08. The summed E-state index contributed by atoms with van der Waals surface area (Å²) in [5.41, 5.74) is 0.955. The quantitative estimate of drug-likeness (QED) is 0.565. The number of ether oxygens (including phenoxy) is 1. The lowest BCUT2D eigenvalue weighted by atomic mass is 10.0. The van der Waals surface area contributed by atoms with Crippen LogP contribution in [0.2, 0.25) is 0 Å². The number of aliphatic hydroxyl groups is 1. The fourth-order valence-electron chi connectivity index (χ4n) is 1.26. The van der Waals surface area contributed by atoms with Crippen LogP contribution in [0.25, 0.3) is 0 Å². The zero-order valence-corrected chi connectivity index (χ0v) is 6.08. The summed E-state index contributed by atoms with van der Waals surface area (Å²) in [5, 5.41) is 9.11. The van der Waals surface area contributed by atoms with E-state index in [4.69, 9.17) is 9.84 Å². The number of allylic oxidation sites excluding steroid dienone is 1. The number of hydrogen-bond acceptors (Lipinski definition) is 2. The molecule has 2 rings (SSSR count). The monoisotopic (exact) mass is 149 g/mol. The van der Waals surface area contributed by atoms with Gasteiger partial charge in [0.2, 0.25) is 0 Å². The van der Waals surface area contributed by atoms with E-state index in [0.29, 0.717) is 0 Å². The first-order valence-electron chi connectivity index (χ1n) is 3.67. The van der Waals surface area contributed by atoms with E-state index in [1.165, 1.54) is 0 Å². The molecule has 0 aromatic rings. The molecule has 2 aliphatic rings. The molecule has 0 spiro atoms. The molecule has 1 aliphatic carbocycles. The average molecular weight is 149 g/mol. The lowest BCUT2D eigenvalue weighted by Gasteiger charge is -2.21. The highest BCUT2D eigenvalue weighted by Crippen LogP contribution is 2.21. The van der Waals surface area contributed by atoms with E-state index in [1.54, 1.807) is 12.2 Å². The lowest BCUT2D eigenvalue weighted by molar-refractivity contribution is 0.100. The summed E-state index contributed by atoms with van der Waals surface area (Å²) in [6, 6.07) is 0. The minimum atomic E-state index is 0.0275. The van der Waals surface area contributed by atoms with Gasteiger partial charge in [0.1, 0.15) is 11.9 Å². The fourth-order valence-corrected chi connectivity index (χ4v) is 1.26. The van der Waals surface area contributed by atoms with Gasteiger partial charge in [0.25, 0.3) is 0 Å². The highest BCUT2D eigenvalue weighted by Gasteiger charge is 2.17. The number of aliphatic hydroxyl groups excluding tert-OH is 1. The molecule has 1 atom stereocenters. The Morgan fingerprint density at radius 1 is 1.64 bits per heavy atom. The second-order valence-electron chi connectivity index (χ2n) is 2.60. The van der Waals surface area contributed by atoms with Crippen molar-refractivity contribution in [2.75, 3.05) is 6.61 Å². The maximum atomic E-state index is 9.11. The van der Waals surface area contributed by atoms with Gasteiger partial charge in [-0.3, -0.25) is 0 Å². The third kappa shape index (κ3) is 1.21. The standard InChI is InChI=1S/C9H9O2/c10-8-3-4-9-7(6-8)2-1-5-11-9/h3-4,6,9-10H,1,5H2. The fraction of sp³-hybridized carbons (Fsp3) is 0.333. The van der Waals surface area contributed by atoms with E-state index in [1.807, 2.05) is 6.08 Å². The van der Waals surface area contributed by atoms with Gasteiger partial charge < -0.3 is 9.84 Å². The van der Waals surface area contributed by atoms with Gasteiger partial charge in [0.15, 0.2) is 0 Å². The van der Waals surface area contributed by atoms with Crippen molar-refractivity contribution >= 4 is 0 Å². The van der Waals surface area contributed by atoms with Crippen molar-refractivity contribution in [3.8, 4) is 0 Å². The summed E-state index contributed by atoms with van der Waals surface area (Å²) in [5.74, 6) is 0.286. The molecule has 0 fully saturated rings. The summed E-state index contributed by atoms with van der Waals surface area (Å²) < 4.78 is 5.39. The van der Waals surface area contributed by atoms with Crippen molar-refractivity contribution in [3.63, 3.8) is 0 Å². The van der Waals surface area contributed by atoms with Gasteiger partial charge in [-0.2, -0.15) is 0 Å². The van der Waals surface area contributed by atoms with Crippen LogP contribution in [-0.4, -0.2) is 17.8 Å². The second-order valence-corrected chi connectivity index (χ2v) is 2.60. The van der Waals surface area contributed by atoms with Gasteiger partial charge in [-0.05, 0) is 36.3 Å². The molecule has 1 aliphatic heterocycles. The predicted octanol–water partition coefficient (Wildman–Crippen LogP) is 1.52. The van der Waals surface area contributed by atoms with E-state index in [0.717, 1.165) is 18.6 Å². The van der Waals surface area contributed by atoms with Crippen LogP contribution in [0, 0.1) is 6.08 Å². The Bertz CT molecular complexity index is 248. The van der Waals surface area contributed by atoms with Crippen molar-refractivity contribution in [1.82, 2.24) is 0 Å². The molecule has 2 heteroatoms. The molecule has 1 unspecified atom stereocenters. The molecule has 1 N–H and O–H groups in total. The predicted molar refractivity (Wildman–Crippen MR) is 41.0 cm³/mol. The third-order valence-electron chi connectivity index (χ3n) is 1.78. The lowest BCUT2D eigenvalue weighted by Crippen LogP contribution is -2.19. The van der Waals surface area contributed by atoms with Crippen LogP contribution in [0.4, 0.5) is 0 Å². The normalized spacial score (nSPS) is 28.9. The number of hydrogen-bond donors (Lipinski definition) is 1. The van der Waals surface area contributed by atoms with Gasteiger partial charge in [0.05, 0.1) is 6.61 Å². The molecule has 1 radical (unpaired) electrons. The number of rotatable bonds is 0. The molecule has 0 saturated heterocycles. The van der Waals surface area contributed by atoms with Crippen LogP contribution < -0.4 is 0 Å². The van der Waals surface area contributed by atoms with Gasteiger partial charge in [-0.25, -0.2) is 0 Å². The Morgan fingerprint density at radius 3 is 3.45 bits per heavy atom. The molecule has 11 heavy (non-hydrogen) atoms. The molecular formula is C9H9O2. The van der Waals surface area contributed by atoms with E-state index >= 15 is 0 Å². The topological polar surface area (TPSA) is 29.5 Å². The number of fused-ring (bicyclic) bond motifs is 1. The van der Waals surface area contributed by atoms with E-state index in [2.05, 4.69) is 6.08 Å². The maximum Gasteiger partial charge on any atom is 0.115 e. The van der Waals surface area contributed by atoms with Crippen LogP contribution in [0.15, 0.2) is 29.6 Å². The molecule has 2 nitrogen and oxygen atoms in total. The van der Waals surface area contributed by atoms with Gasteiger partial charge in [0, 0.05) is 0 Å². The first-order valence-corrected chi connectivity index (χ1v) is 3.67. The summed E-state index contributed by atoms with van der Waals surface area (Å²) >= 11 is 0. The largest absolute Gasteiger partial charge is 0.508 e. The first kappa shape index (κ1) is 6.68. The minimum Gasteiger partial charge on any atom is -0.508 e. The molecule has 1 heterocycles. The Balaban J connectivity index is 2.29. The highest BCUT2D eigenvalue weighted by molar-refractivity contribution is 5.36. The Kier molecular flexibility index (Phi) is 1.55. The first-order chi connectivity index (χ1) is 5.36. The van der Waals surface area contributed by atoms with Crippen molar-refractivity contribution in [3.05, 3.63) is 35.6 Å². The Labute approximate surface area is 65.5 Å². The van der Waals surface area contributed by atoms with Gasteiger partial charge in [-0.1, -0.05) is 0 Å². The zero-order chi connectivity index (χ0) is 7.68. The van der Waals surface area contributed by atoms with Crippen molar-refractivity contribution < 1.29 is 9.84 Å². The van der Waals surface area contributed by atoms with Crippen LogP contribution in [0.5, 0.6) is 0 Å². The second kappa shape index (κ2) is 2.55. The molecule has 0 amide bonds. The van der Waals surface area contributed by atoms with Crippen LogP contribution in [0.1, 0.15) is 6.42 Å². The molecule has 0 aromatic heterocycles. The van der Waals surface area contributed by atoms with Crippen molar-refractivity contribution in [2.24, 2.45) is 0 Å². The van der Waals surface area contributed by atoms with E-state index < -0.39 is 0 Å². The van der Waals surface area contributed by atoms with Crippen molar-refractivity contribution in [1.29, 1.82) is 0 Å². The summed E-state index contributed by atoms with van der Waals surface area (Å²) in [6.07, 6.45) is 9.20. The summed E-state index contributed by atoms with van der Waals surface area (Å²) in [4.78, 5) is 0. The molecule has 57 valence electrons. The van der Waals surface area contributed by atoms with Gasteiger partial charge in [-0.15, -0.1) is 0 Å². The highest BCUT2D eigenvalue weighted by atomic mass is 16.5. The SMILES string of the molecule is OC1=CC2=[C]CCOC2C=C1. The molecule has 0 aromatic carbocycles.